The van der Waals surface area contributed by atoms with Gasteiger partial charge in [-0.1, -0.05) is 15.9 Å². The lowest BCUT2D eigenvalue weighted by molar-refractivity contribution is 0.145. The summed E-state index contributed by atoms with van der Waals surface area (Å²) >= 11 is 3.12. The molecule has 1 heterocycles. The lowest BCUT2D eigenvalue weighted by atomic mass is 10.1. The van der Waals surface area contributed by atoms with Gasteiger partial charge in [-0.2, -0.15) is 9.36 Å². The summed E-state index contributed by atoms with van der Waals surface area (Å²) in [5.74, 6) is -0.679. The Labute approximate surface area is 161 Å². The van der Waals surface area contributed by atoms with E-state index in [4.69, 9.17) is 4.74 Å². The van der Waals surface area contributed by atoms with E-state index in [1.165, 1.54) is 12.1 Å². The van der Waals surface area contributed by atoms with Gasteiger partial charge in [-0.15, -0.1) is 0 Å². The Morgan fingerprint density at radius 3 is 2.67 bits per heavy atom. The van der Waals surface area contributed by atoms with Crippen molar-refractivity contribution in [1.82, 2.24) is 25.1 Å². The molecule has 1 amide bonds. The Kier molecular flexibility index (Phi) is 6.47. The van der Waals surface area contributed by atoms with Gasteiger partial charge in [-0.25, -0.2) is 18.4 Å². The molecule has 0 saturated heterocycles. The number of amides is 1. The average Bonchev–Trinajstić information content (AvgIpc) is 2.90. The van der Waals surface area contributed by atoms with Crippen molar-refractivity contribution in [3.05, 3.63) is 50.9 Å². The third kappa shape index (κ3) is 5.71. The van der Waals surface area contributed by atoms with Crippen molar-refractivity contribution in [1.29, 1.82) is 0 Å². The number of hydrogen-bond acceptors (Lipinski definition) is 5. The summed E-state index contributed by atoms with van der Waals surface area (Å²) in [6, 6.07) is 4.07. The topological polar surface area (TPSA) is 91.0 Å². The van der Waals surface area contributed by atoms with Gasteiger partial charge >= 0.3 is 11.8 Å². The van der Waals surface area contributed by atoms with E-state index in [-0.39, 0.29) is 30.7 Å². The smallest absolute Gasteiger partial charge is 0.407 e. The minimum Gasteiger partial charge on any atom is -0.445 e. The summed E-state index contributed by atoms with van der Waals surface area (Å²) in [6.07, 6.45) is -0.509. The molecule has 1 aromatic heterocycles. The predicted octanol–water partition coefficient (Wildman–Crippen LogP) is 2.71. The second kappa shape index (κ2) is 8.42. The van der Waals surface area contributed by atoms with Crippen LogP contribution in [0.5, 0.6) is 0 Å². The summed E-state index contributed by atoms with van der Waals surface area (Å²) in [5, 5.41) is 9.76. The van der Waals surface area contributed by atoms with Gasteiger partial charge in [-0.05, 0) is 49.4 Å². The summed E-state index contributed by atoms with van der Waals surface area (Å²) < 4.78 is 34.1. The summed E-state index contributed by atoms with van der Waals surface area (Å²) in [4.78, 5) is 24.0. The number of ether oxygens (including phenoxy) is 1. The highest BCUT2D eigenvalue weighted by atomic mass is 79.9. The first kappa shape index (κ1) is 20.7. The zero-order chi connectivity index (χ0) is 20.2. The maximum atomic E-state index is 14.0. The van der Waals surface area contributed by atoms with Gasteiger partial charge in [-0.3, -0.25) is 0 Å². The third-order valence-corrected chi connectivity index (χ3v) is 3.64. The molecule has 2 aromatic rings. The van der Waals surface area contributed by atoms with Crippen LogP contribution in [0.2, 0.25) is 0 Å². The first-order valence-electron chi connectivity index (χ1n) is 7.82. The van der Waals surface area contributed by atoms with E-state index in [9.17, 15) is 18.4 Å². The molecule has 0 spiro atoms. The molecular formula is C16H18BrF2N5O3. The monoisotopic (exact) mass is 445 g/mol. The van der Waals surface area contributed by atoms with Gasteiger partial charge in [0.05, 0.1) is 12.9 Å². The minimum absolute atomic E-state index is 0.0236. The van der Waals surface area contributed by atoms with Crippen molar-refractivity contribution >= 4 is 22.0 Å². The molecule has 0 aliphatic heterocycles. The molecule has 0 fully saturated rings. The number of hydrogen-bond donors (Lipinski definition) is 1. The maximum absolute atomic E-state index is 14.0. The van der Waals surface area contributed by atoms with E-state index in [0.29, 0.717) is 4.47 Å². The van der Waals surface area contributed by atoms with Crippen LogP contribution in [0.3, 0.4) is 0 Å². The van der Waals surface area contributed by atoms with E-state index >= 15 is 0 Å². The zero-order valence-electron chi connectivity index (χ0n) is 14.9. The molecule has 0 saturated carbocycles. The standard InChI is InChI=1S/C16H18BrF2N5O3/c1-16(2,3)20-14(25)27-9-10(7-18)8-23-15(26)24(22-21-23)13-5-4-11(17)6-12(13)19/h4-7H,8-9H2,1-3H3,(H,20,25)/b10-7+. The molecular weight excluding hydrogens is 428 g/mol. The highest BCUT2D eigenvalue weighted by molar-refractivity contribution is 9.10. The van der Waals surface area contributed by atoms with Gasteiger partial charge in [0.2, 0.25) is 0 Å². The lowest BCUT2D eigenvalue weighted by Crippen LogP contribution is -2.41. The highest BCUT2D eigenvalue weighted by Gasteiger charge is 2.17. The fourth-order valence-electron chi connectivity index (χ4n) is 1.98. The predicted molar refractivity (Wildman–Crippen MR) is 96.7 cm³/mol. The van der Waals surface area contributed by atoms with E-state index < -0.39 is 23.1 Å². The van der Waals surface area contributed by atoms with Crippen LogP contribution in [-0.4, -0.2) is 38.0 Å². The second-order valence-electron chi connectivity index (χ2n) is 6.65. The number of rotatable bonds is 5. The molecule has 11 heteroatoms. The Balaban J connectivity index is 2.10. The van der Waals surface area contributed by atoms with Crippen LogP contribution in [0.1, 0.15) is 20.8 Å². The SMILES string of the molecule is CC(C)(C)NC(=O)OC/C(=C/F)Cn1nnn(-c2ccc(Br)cc2F)c1=O. The highest BCUT2D eigenvalue weighted by Crippen LogP contribution is 2.16. The number of alkyl carbamates (subject to hydrolysis) is 1. The number of aromatic nitrogens is 4. The van der Waals surface area contributed by atoms with Crippen LogP contribution < -0.4 is 11.0 Å². The third-order valence-electron chi connectivity index (χ3n) is 3.15. The van der Waals surface area contributed by atoms with Crippen molar-refractivity contribution in [2.24, 2.45) is 0 Å². The van der Waals surface area contributed by atoms with Crippen LogP contribution in [-0.2, 0) is 11.3 Å². The number of carbonyl (C=O) groups excluding carboxylic acids is 1. The molecule has 0 unspecified atom stereocenters. The normalized spacial score (nSPS) is 12.1. The quantitative estimate of drug-likeness (QED) is 0.763. The Hall–Kier alpha value is -2.56. The first-order chi connectivity index (χ1) is 12.6. The van der Waals surface area contributed by atoms with E-state index in [1.54, 1.807) is 26.8 Å². The van der Waals surface area contributed by atoms with E-state index in [0.717, 1.165) is 9.36 Å². The molecule has 2 rings (SSSR count). The van der Waals surface area contributed by atoms with Gasteiger partial charge in [0.1, 0.15) is 18.1 Å². The molecule has 1 N–H and O–H groups in total. The van der Waals surface area contributed by atoms with Gasteiger partial charge in [0, 0.05) is 15.6 Å². The molecule has 0 aliphatic carbocycles. The number of nitrogens with zero attached hydrogens (tertiary/aromatic N) is 4. The first-order valence-corrected chi connectivity index (χ1v) is 8.61. The van der Waals surface area contributed by atoms with E-state index in [1.807, 2.05) is 0 Å². The van der Waals surface area contributed by atoms with Crippen molar-refractivity contribution in [3.63, 3.8) is 0 Å². The Bertz CT molecular complexity index is 918. The summed E-state index contributed by atoms with van der Waals surface area (Å²) in [7, 11) is 0. The van der Waals surface area contributed by atoms with Crippen LogP contribution in [0.25, 0.3) is 5.69 Å². The van der Waals surface area contributed by atoms with Gasteiger partial charge < -0.3 is 10.1 Å². The molecule has 0 atom stereocenters. The molecule has 0 aliphatic rings. The number of carbonyl (C=O) groups is 1. The average molecular weight is 446 g/mol. The molecule has 1 aromatic carbocycles. The van der Waals surface area contributed by atoms with Crippen molar-refractivity contribution < 1.29 is 18.3 Å². The van der Waals surface area contributed by atoms with Crippen molar-refractivity contribution in [3.8, 4) is 5.69 Å². The molecule has 0 radical (unpaired) electrons. The summed E-state index contributed by atoms with van der Waals surface area (Å²) in [6.45, 7) is 4.60. The largest absolute Gasteiger partial charge is 0.445 e. The van der Waals surface area contributed by atoms with E-state index in [2.05, 4.69) is 31.7 Å². The van der Waals surface area contributed by atoms with Crippen LogP contribution in [0.4, 0.5) is 13.6 Å². The van der Waals surface area contributed by atoms with Crippen LogP contribution in [0.15, 0.2) is 39.4 Å². The summed E-state index contributed by atoms with van der Waals surface area (Å²) in [5.41, 5.74) is -1.40. The van der Waals surface area contributed by atoms with Crippen LogP contribution >= 0.6 is 15.9 Å². The lowest BCUT2D eigenvalue weighted by Gasteiger charge is -2.20. The van der Waals surface area contributed by atoms with Crippen molar-refractivity contribution in [2.45, 2.75) is 32.9 Å². The fraction of sp³-hybridized carbons (Fsp3) is 0.375. The fourth-order valence-corrected chi connectivity index (χ4v) is 2.32. The number of halogens is 3. The van der Waals surface area contributed by atoms with Gasteiger partial charge in [0.15, 0.2) is 0 Å². The molecule has 27 heavy (non-hydrogen) atoms. The number of nitrogens with one attached hydrogen (secondary N) is 1. The molecule has 8 nitrogen and oxygen atoms in total. The second-order valence-corrected chi connectivity index (χ2v) is 7.56. The molecule has 146 valence electrons. The van der Waals surface area contributed by atoms with Crippen molar-refractivity contribution in [2.75, 3.05) is 6.61 Å². The maximum Gasteiger partial charge on any atom is 0.407 e. The molecule has 0 bridgehead atoms. The number of benzene rings is 1. The van der Waals surface area contributed by atoms with Crippen LogP contribution in [0, 0.1) is 5.82 Å². The van der Waals surface area contributed by atoms with Gasteiger partial charge in [0.25, 0.3) is 0 Å². The Morgan fingerprint density at radius 2 is 2.07 bits per heavy atom. The minimum atomic E-state index is -0.769. The zero-order valence-corrected chi connectivity index (χ0v) is 16.5. The number of tetrazole rings is 1. The Morgan fingerprint density at radius 1 is 1.37 bits per heavy atom.